The monoisotopic (exact) mass is 301 g/mol. The van der Waals surface area contributed by atoms with Gasteiger partial charge in [0.1, 0.15) is 5.76 Å². The summed E-state index contributed by atoms with van der Waals surface area (Å²) in [6.45, 7) is 0.433. The van der Waals surface area contributed by atoms with Gasteiger partial charge in [0.2, 0.25) is 5.91 Å². The van der Waals surface area contributed by atoms with Crippen LogP contribution in [0.3, 0.4) is 0 Å². The second-order valence-corrected chi connectivity index (χ2v) is 4.72. The first-order valence-corrected chi connectivity index (χ1v) is 6.81. The fourth-order valence-electron chi connectivity index (χ4n) is 1.97. The van der Waals surface area contributed by atoms with E-state index in [1.165, 1.54) is 6.08 Å². The summed E-state index contributed by atoms with van der Waals surface area (Å²) in [5, 5.41) is 0. The second-order valence-electron chi connectivity index (χ2n) is 4.72. The number of ether oxygens (including phenoxy) is 2. The number of amides is 1. The van der Waals surface area contributed by atoms with Gasteiger partial charge in [0.05, 0.1) is 27.0 Å². The molecule has 0 fully saturated rings. The van der Waals surface area contributed by atoms with Gasteiger partial charge >= 0.3 is 0 Å². The van der Waals surface area contributed by atoms with Crippen molar-refractivity contribution < 1.29 is 18.7 Å². The topological polar surface area (TPSA) is 51.9 Å². The summed E-state index contributed by atoms with van der Waals surface area (Å²) in [6, 6.07) is 9.11. The molecular formula is C17H19NO4. The molecule has 0 saturated heterocycles. The van der Waals surface area contributed by atoms with Crippen LogP contribution in [0, 0.1) is 0 Å². The second kappa shape index (κ2) is 7.36. The maximum absolute atomic E-state index is 12.1. The summed E-state index contributed by atoms with van der Waals surface area (Å²) in [4.78, 5) is 13.6. The number of carbonyl (C=O) groups excluding carboxylic acids is 1. The molecule has 0 radical (unpaired) electrons. The van der Waals surface area contributed by atoms with Gasteiger partial charge in [-0.2, -0.15) is 0 Å². The van der Waals surface area contributed by atoms with Crippen LogP contribution in [0.5, 0.6) is 11.5 Å². The molecule has 0 bridgehead atoms. The Hall–Kier alpha value is -2.69. The Bertz CT molecular complexity index is 647. The lowest BCUT2D eigenvalue weighted by Gasteiger charge is -2.13. The highest BCUT2D eigenvalue weighted by Gasteiger charge is 2.08. The Balaban J connectivity index is 2.02. The van der Waals surface area contributed by atoms with Gasteiger partial charge in [-0.05, 0) is 35.9 Å². The zero-order valence-corrected chi connectivity index (χ0v) is 12.9. The van der Waals surface area contributed by atoms with Gasteiger partial charge in [-0.25, -0.2) is 0 Å². The number of hydrogen-bond donors (Lipinski definition) is 0. The van der Waals surface area contributed by atoms with Crippen LogP contribution in [0.2, 0.25) is 0 Å². The first-order chi connectivity index (χ1) is 10.6. The van der Waals surface area contributed by atoms with Crippen molar-refractivity contribution in [1.29, 1.82) is 0 Å². The number of rotatable bonds is 6. The molecule has 2 rings (SSSR count). The Morgan fingerprint density at radius 1 is 1.23 bits per heavy atom. The zero-order valence-electron chi connectivity index (χ0n) is 12.9. The lowest BCUT2D eigenvalue weighted by molar-refractivity contribution is -0.125. The van der Waals surface area contributed by atoms with Crippen molar-refractivity contribution in [3.8, 4) is 11.5 Å². The Labute approximate surface area is 129 Å². The number of furan rings is 1. The van der Waals surface area contributed by atoms with E-state index in [1.54, 1.807) is 50.6 Å². The summed E-state index contributed by atoms with van der Waals surface area (Å²) < 4.78 is 15.6. The number of hydrogen-bond acceptors (Lipinski definition) is 4. The van der Waals surface area contributed by atoms with Crippen LogP contribution in [0.25, 0.3) is 6.08 Å². The maximum Gasteiger partial charge on any atom is 0.246 e. The fourth-order valence-corrected chi connectivity index (χ4v) is 1.97. The molecule has 5 heteroatoms. The average molecular weight is 301 g/mol. The number of carbonyl (C=O) groups is 1. The van der Waals surface area contributed by atoms with E-state index in [9.17, 15) is 4.79 Å². The van der Waals surface area contributed by atoms with Crippen LogP contribution in [0.15, 0.2) is 47.1 Å². The molecule has 22 heavy (non-hydrogen) atoms. The van der Waals surface area contributed by atoms with Gasteiger partial charge < -0.3 is 18.8 Å². The predicted octanol–water partition coefficient (Wildman–Crippen LogP) is 2.97. The molecule has 0 aliphatic rings. The van der Waals surface area contributed by atoms with Crippen LogP contribution in [-0.2, 0) is 11.3 Å². The molecule has 116 valence electrons. The molecule has 2 aromatic rings. The summed E-state index contributed by atoms with van der Waals surface area (Å²) >= 11 is 0. The Kier molecular flexibility index (Phi) is 5.25. The minimum atomic E-state index is -0.105. The molecule has 0 unspecified atom stereocenters. The fraction of sp³-hybridized carbons (Fsp3) is 0.235. The first kappa shape index (κ1) is 15.7. The summed E-state index contributed by atoms with van der Waals surface area (Å²) in [5.74, 6) is 1.92. The van der Waals surface area contributed by atoms with Crippen molar-refractivity contribution in [1.82, 2.24) is 4.90 Å². The van der Waals surface area contributed by atoms with Crippen LogP contribution in [0.4, 0.5) is 0 Å². The van der Waals surface area contributed by atoms with Crippen LogP contribution in [0.1, 0.15) is 11.3 Å². The van der Waals surface area contributed by atoms with Crippen molar-refractivity contribution in [3.05, 3.63) is 54.0 Å². The highest BCUT2D eigenvalue weighted by molar-refractivity contribution is 5.91. The quantitative estimate of drug-likeness (QED) is 0.770. The number of methoxy groups -OCH3 is 2. The van der Waals surface area contributed by atoms with Crippen molar-refractivity contribution >= 4 is 12.0 Å². The van der Waals surface area contributed by atoms with E-state index in [4.69, 9.17) is 13.9 Å². The average Bonchev–Trinajstić information content (AvgIpc) is 3.05. The van der Waals surface area contributed by atoms with E-state index in [2.05, 4.69) is 0 Å². The third-order valence-electron chi connectivity index (χ3n) is 3.18. The van der Waals surface area contributed by atoms with E-state index in [0.717, 1.165) is 11.3 Å². The smallest absolute Gasteiger partial charge is 0.246 e. The largest absolute Gasteiger partial charge is 0.493 e. The molecule has 5 nitrogen and oxygen atoms in total. The number of nitrogens with zero attached hydrogens (tertiary/aromatic N) is 1. The van der Waals surface area contributed by atoms with Crippen molar-refractivity contribution in [3.63, 3.8) is 0 Å². The van der Waals surface area contributed by atoms with Crippen molar-refractivity contribution in [2.45, 2.75) is 6.54 Å². The van der Waals surface area contributed by atoms with Crippen LogP contribution in [-0.4, -0.2) is 32.1 Å². The normalized spacial score (nSPS) is 10.7. The lowest BCUT2D eigenvalue weighted by atomic mass is 10.2. The molecule has 0 spiro atoms. The van der Waals surface area contributed by atoms with Gasteiger partial charge in [-0.1, -0.05) is 6.07 Å². The van der Waals surface area contributed by atoms with Gasteiger partial charge in [0.15, 0.2) is 11.5 Å². The predicted molar refractivity (Wildman–Crippen MR) is 83.8 cm³/mol. The number of likely N-dealkylation sites (N-methyl/N-ethyl adjacent to an activating group) is 1. The van der Waals surface area contributed by atoms with Crippen molar-refractivity contribution in [2.75, 3.05) is 21.3 Å². The highest BCUT2D eigenvalue weighted by atomic mass is 16.5. The maximum atomic E-state index is 12.1. The minimum Gasteiger partial charge on any atom is -0.493 e. The summed E-state index contributed by atoms with van der Waals surface area (Å²) in [6.07, 6.45) is 4.85. The molecule has 1 aromatic carbocycles. The molecule has 0 atom stereocenters. The van der Waals surface area contributed by atoms with E-state index >= 15 is 0 Å². The summed E-state index contributed by atoms with van der Waals surface area (Å²) in [7, 11) is 4.89. The van der Waals surface area contributed by atoms with Crippen LogP contribution >= 0.6 is 0 Å². The molecule has 1 aromatic heterocycles. The molecule has 0 N–H and O–H groups in total. The molecule has 1 heterocycles. The third-order valence-corrected chi connectivity index (χ3v) is 3.18. The Morgan fingerprint density at radius 2 is 2.00 bits per heavy atom. The van der Waals surface area contributed by atoms with Crippen LogP contribution < -0.4 is 9.47 Å². The molecule has 0 aliphatic carbocycles. The van der Waals surface area contributed by atoms with Gasteiger partial charge in [0, 0.05) is 13.1 Å². The number of benzene rings is 1. The van der Waals surface area contributed by atoms with Gasteiger partial charge in [-0.15, -0.1) is 0 Å². The SMILES string of the molecule is COc1ccc(/C=C/C(=O)N(C)Cc2ccco2)cc1OC. The molecule has 1 amide bonds. The third kappa shape index (κ3) is 3.91. The molecule has 0 saturated carbocycles. The van der Waals surface area contributed by atoms with E-state index in [-0.39, 0.29) is 5.91 Å². The minimum absolute atomic E-state index is 0.105. The Morgan fingerprint density at radius 3 is 2.64 bits per heavy atom. The van der Waals surface area contributed by atoms with E-state index in [0.29, 0.717) is 18.0 Å². The zero-order chi connectivity index (χ0) is 15.9. The van der Waals surface area contributed by atoms with Gasteiger partial charge in [-0.3, -0.25) is 4.79 Å². The van der Waals surface area contributed by atoms with Gasteiger partial charge in [0.25, 0.3) is 0 Å². The first-order valence-electron chi connectivity index (χ1n) is 6.81. The van der Waals surface area contributed by atoms with E-state index in [1.807, 2.05) is 18.2 Å². The van der Waals surface area contributed by atoms with Crippen molar-refractivity contribution in [2.24, 2.45) is 0 Å². The molecule has 0 aliphatic heterocycles. The summed E-state index contributed by atoms with van der Waals surface area (Å²) in [5.41, 5.74) is 0.859. The highest BCUT2D eigenvalue weighted by Crippen LogP contribution is 2.27. The van der Waals surface area contributed by atoms with E-state index < -0.39 is 0 Å². The lowest BCUT2D eigenvalue weighted by Crippen LogP contribution is -2.23. The standard InChI is InChI=1S/C17H19NO4/c1-18(12-14-5-4-10-22-14)17(19)9-7-13-6-8-15(20-2)16(11-13)21-3/h4-11H,12H2,1-3H3/b9-7+. The molecular weight excluding hydrogens is 282 g/mol.